The number of hydrogen-bond donors (Lipinski definition) is 1. The molecule has 1 aromatic heterocycles. The lowest BCUT2D eigenvalue weighted by Crippen LogP contribution is -2.27. The maximum absolute atomic E-state index is 12.1. The minimum atomic E-state index is -1.29. The van der Waals surface area contributed by atoms with Crippen molar-refractivity contribution in [2.24, 2.45) is 0 Å². The Hall–Kier alpha value is -2.87. The third kappa shape index (κ3) is 2.84. The molecule has 0 unspecified atom stereocenters. The lowest BCUT2D eigenvalue weighted by Gasteiger charge is -2.11. The summed E-state index contributed by atoms with van der Waals surface area (Å²) in [5, 5.41) is 17.9. The van der Waals surface area contributed by atoms with Crippen LogP contribution in [-0.4, -0.2) is 15.6 Å². The molecular formula is C16H14N2O3. The van der Waals surface area contributed by atoms with Gasteiger partial charge in [-0.05, 0) is 29.7 Å². The summed E-state index contributed by atoms with van der Waals surface area (Å²) in [6.07, 6.45) is 0.906. The van der Waals surface area contributed by atoms with E-state index in [0.717, 1.165) is 17.5 Å². The van der Waals surface area contributed by atoms with Gasteiger partial charge >= 0.3 is 5.97 Å². The van der Waals surface area contributed by atoms with E-state index < -0.39 is 11.5 Å². The molecule has 0 spiro atoms. The molecule has 1 heterocycles. The van der Waals surface area contributed by atoms with Crippen molar-refractivity contribution >= 4 is 5.97 Å². The van der Waals surface area contributed by atoms with Crippen LogP contribution >= 0.6 is 0 Å². The van der Waals surface area contributed by atoms with Crippen molar-refractivity contribution < 1.29 is 9.90 Å². The van der Waals surface area contributed by atoms with E-state index in [2.05, 4.69) is 0 Å². The van der Waals surface area contributed by atoms with Crippen molar-refractivity contribution in [2.75, 3.05) is 0 Å². The van der Waals surface area contributed by atoms with Gasteiger partial charge in [0.1, 0.15) is 12.1 Å². The van der Waals surface area contributed by atoms with Crippen molar-refractivity contribution in [1.29, 1.82) is 5.26 Å². The third-order valence-electron chi connectivity index (χ3n) is 3.29. The largest absolute Gasteiger partial charge is 0.477 e. The highest BCUT2D eigenvalue weighted by molar-refractivity contribution is 5.87. The van der Waals surface area contributed by atoms with Crippen LogP contribution in [0, 0.1) is 11.3 Å². The molecule has 5 nitrogen and oxygen atoms in total. The van der Waals surface area contributed by atoms with E-state index in [0.29, 0.717) is 5.69 Å². The Morgan fingerprint density at radius 2 is 1.90 bits per heavy atom. The van der Waals surface area contributed by atoms with Gasteiger partial charge < -0.3 is 5.11 Å². The zero-order chi connectivity index (χ0) is 15.4. The maximum Gasteiger partial charge on any atom is 0.341 e. The van der Waals surface area contributed by atoms with Gasteiger partial charge in [0.2, 0.25) is 0 Å². The molecule has 21 heavy (non-hydrogen) atoms. The summed E-state index contributed by atoms with van der Waals surface area (Å²) >= 11 is 0. The number of carbonyl (C=O) groups is 1. The van der Waals surface area contributed by atoms with Crippen LogP contribution in [0.4, 0.5) is 0 Å². The average Bonchev–Trinajstić information content (AvgIpc) is 2.49. The molecule has 0 amide bonds. The Kier molecular flexibility index (Phi) is 4.19. The van der Waals surface area contributed by atoms with E-state index in [1.807, 2.05) is 37.3 Å². The van der Waals surface area contributed by atoms with Gasteiger partial charge in [-0.2, -0.15) is 5.26 Å². The molecule has 0 bridgehead atoms. The number of aryl methyl sites for hydroxylation is 1. The molecular weight excluding hydrogens is 268 g/mol. The second kappa shape index (κ2) is 6.06. The van der Waals surface area contributed by atoms with E-state index in [4.69, 9.17) is 10.4 Å². The summed E-state index contributed by atoms with van der Waals surface area (Å²) in [5.41, 5.74) is 1.47. The molecule has 0 saturated carbocycles. The molecule has 0 saturated heterocycles. The fourth-order valence-corrected chi connectivity index (χ4v) is 2.13. The number of rotatable bonds is 4. The number of carboxylic acid groups (broad SMARTS) is 1. The van der Waals surface area contributed by atoms with Gasteiger partial charge in [-0.3, -0.25) is 9.36 Å². The fourth-order valence-electron chi connectivity index (χ4n) is 2.13. The van der Waals surface area contributed by atoms with E-state index in [-0.39, 0.29) is 12.1 Å². The predicted octanol–water partition coefficient (Wildman–Crippen LogP) is 2.30. The van der Waals surface area contributed by atoms with E-state index in [1.54, 1.807) is 6.07 Å². The first kappa shape index (κ1) is 14.5. The minimum absolute atomic E-state index is 0.190. The van der Waals surface area contributed by atoms with E-state index in [9.17, 15) is 9.59 Å². The third-order valence-corrected chi connectivity index (χ3v) is 3.29. The summed E-state index contributed by atoms with van der Waals surface area (Å²) in [6.45, 7) is 1.85. The molecule has 0 aliphatic rings. The quantitative estimate of drug-likeness (QED) is 0.932. The lowest BCUT2D eigenvalue weighted by molar-refractivity contribution is 0.0694. The fraction of sp³-hybridized carbons (Fsp3) is 0.188. The molecule has 2 aromatic rings. The number of nitriles is 1. The molecule has 0 radical (unpaired) electrons. The van der Waals surface area contributed by atoms with Gasteiger partial charge in [0, 0.05) is 0 Å². The molecule has 1 aromatic carbocycles. The van der Waals surface area contributed by atoms with Crippen LogP contribution in [0.2, 0.25) is 0 Å². The zero-order valence-corrected chi connectivity index (χ0v) is 11.5. The smallest absolute Gasteiger partial charge is 0.341 e. The Morgan fingerprint density at radius 1 is 1.24 bits per heavy atom. The SMILES string of the molecule is CCc1ccc(-c2ccc(C(=O)O)c(=O)n2CC#N)cc1. The normalized spacial score (nSPS) is 10.1. The van der Waals surface area contributed by atoms with Crippen molar-refractivity contribution in [1.82, 2.24) is 4.57 Å². The Morgan fingerprint density at radius 3 is 2.43 bits per heavy atom. The maximum atomic E-state index is 12.1. The average molecular weight is 282 g/mol. The van der Waals surface area contributed by atoms with Gasteiger partial charge in [0.05, 0.1) is 11.8 Å². The number of hydrogen-bond acceptors (Lipinski definition) is 3. The molecule has 0 atom stereocenters. The highest BCUT2D eigenvalue weighted by Gasteiger charge is 2.14. The Bertz CT molecular complexity index is 768. The standard InChI is InChI=1S/C16H14N2O3/c1-2-11-3-5-12(6-4-11)14-8-7-13(16(20)21)15(19)18(14)10-9-17/h3-8H,2,10H2,1H3,(H,20,21). The molecule has 2 rings (SSSR count). The van der Waals surface area contributed by atoms with Crippen LogP contribution in [0.15, 0.2) is 41.2 Å². The number of carboxylic acids is 1. The van der Waals surface area contributed by atoms with Crippen LogP contribution in [-0.2, 0) is 13.0 Å². The molecule has 106 valence electrons. The summed E-state index contributed by atoms with van der Waals surface area (Å²) in [6, 6.07) is 12.3. The number of pyridine rings is 1. The second-order valence-corrected chi connectivity index (χ2v) is 4.54. The van der Waals surface area contributed by atoms with Crippen molar-refractivity contribution in [2.45, 2.75) is 19.9 Å². The second-order valence-electron chi connectivity index (χ2n) is 4.54. The first-order valence-electron chi connectivity index (χ1n) is 6.52. The summed E-state index contributed by atoms with van der Waals surface area (Å²) in [5.74, 6) is -1.29. The van der Waals surface area contributed by atoms with Crippen molar-refractivity contribution in [3.8, 4) is 17.3 Å². The van der Waals surface area contributed by atoms with Crippen molar-refractivity contribution in [3.05, 3.63) is 57.9 Å². The summed E-state index contributed by atoms with van der Waals surface area (Å²) in [4.78, 5) is 23.2. The van der Waals surface area contributed by atoms with E-state index in [1.165, 1.54) is 10.6 Å². The number of nitrogens with zero attached hydrogens (tertiary/aromatic N) is 2. The highest BCUT2D eigenvalue weighted by atomic mass is 16.4. The summed E-state index contributed by atoms with van der Waals surface area (Å²) < 4.78 is 1.18. The lowest BCUT2D eigenvalue weighted by atomic mass is 10.1. The summed E-state index contributed by atoms with van der Waals surface area (Å²) in [7, 11) is 0. The van der Waals surface area contributed by atoms with Gasteiger partial charge in [-0.1, -0.05) is 31.2 Å². The zero-order valence-electron chi connectivity index (χ0n) is 11.5. The molecule has 0 aliphatic heterocycles. The van der Waals surface area contributed by atoms with Gasteiger partial charge in [-0.25, -0.2) is 4.79 Å². The Balaban J connectivity index is 2.62. The molecule has 0 fully saturated rings. The van der Waals surface area contributed by atoms with Crippen LogP contribution in [0.25, 0.3) is 11.3 Å². The first-order valence-corrected chi connectivity index (χ1v) is 6.52. The van der Waals surface area contributed by atoms with E-state index >= 15 is 0 Å². The van der Waals surface area contributed by atoms with Gasteiger partial charge in [0.15, 0.2) is 0 Å². The van der Waals surface area contributed by atoms with Crippen molar-refractivity contribution in [3.63, 3.8) is 0 Å². The van der Waals surface area contributed by atoms with Gasteiger partial charge in [0.25, 0.3) is 5.56 Å². The highest BCUT2D eigenvalue weighted by Crippen LogP contribution is 2.19. The number of aromatic carboxylic acids is 1. The monoisotopic (exact) mass is 282 g/mol. The minimum Gasteiger partial charge on any atom is -0.477 e. The first-order chi connectivity index (χ1) is 10.1. The Labute approximate surface area is 121 Å². The molecule has 5 heteroatoms. The number of benzene rings is 1. The van der Waals surface area contributed by atoms with Crippen LogP contribution in [0.1, 0.15) is 22.8 Å². The molecule has 1 N–H and O–H groups in total. The predicted molar refractivity (Wildman–Crippen MR) is 78.1 cm³/mol. The van der Waals surface area contributed by atoms with Crippen LogP contribution < -0.4 is 5.56 Å². The topological polar surface area (TPSA) is 83.1 Å². The van der Waals surface area contributed by atoms with Crippen LogP contribution in [0.3, 0.4) is 0 Å². The number of aromatic nitrogens is 1. The van der Waals surface area contributed by atoms with Crippen LogP contribution in [0.5, 0.6) is 0 Å². The molecule has 0 aliphatic carbocycles. The van der Waals surface area contributed by atoms with Gasteiger partial charge in [-0.15, -0.1) is 0 Å².